The quantitative estimate of drug-likeness (QED) is 0.686. The smallest absolute Gasteiger partial charge is 0.321 e. The molecule has 1 saturated heterocycles. The first-order valence-corrected chi connectivity index (χ1v) is 6.35. The van der Waals surface area contributed by atoms with Crippen LogP contribution in [0.1, 0.15) is 27.7 Å². The predicted molar refractivity (Wildman–Crippen MR) is 77.6 cm³/mol. The number of carbonyl (C=O) groups is 2. The first-order chi connectivity index (χ1) is 8.28. The van der Waals surface area contributed by atoms with Crippen molar-refractivity contribution in [2.45, 2.75) is 39.3 Å². The monoisotopic (exact) mass is 292 g/mol. The maximum atomic E-state index is 11.7. The summed E-state index contributed by atoms with van der Waals surface area (Å²) in [7, 11) is 0. The minimum absolute atomic E-state index is 0. The molecule has 7 heteroatoms. The van der Waals surface area contributed by atoms with Crippen LogP contribution in [-0.2, 0) is 4.79 Å². The van der Waals surface area contributed by atoms with Crippen LogP contribution in [0.25, 0.3) is 0 Å². The zero-order valence-corrected chi connectivity index (χ0v) is 12.9. The Labute approximate surface area is 121 Å². The molecule has 1 rings (SSSR count). The van der Waals surface area contributed by atoms with Crippen LogP contribution < -0.4 is 16.0 Å². The van der Waals surface area contributed by atoms with E-state index in [-0.39, 0.29) is 30.4 Å². The molecule has 112 valence electrons. The third-order valence-corrected chi connectivity index (χ3v) is 2.73. The van der Waals surface area contributed by atoms with Gasteiger partial charge in [0.1, 0.15) is 0 Å². The highest BCUT2D eigenvalue weighted by molar-refractivity contribution is 5.95. The molecule has 3 amide bonds. The standard InChI is InChI=1S/C12H24N4O2.ClH/c1-9-7-13-5-6-16(9)8-10(17)14-11(18)15-12(2,3)4;/h9,13H,5-8H2,1-4H3,(H2,14,15,17,18);1H. The fraction of sp³-hybridized carbons (Fsp3) is 0.833. The van der Waals surface area contributed by atoms with E-state index in [1.807, 2.05) is 20.8 Å². The molecule has 0 spiro atoms. The second kappa shape index (κ2) is 7.67. The fourth-order valence-corrected chi connectivity index (χ4v) is 1.84. The third kappa shape index (κ3) is 7.34. The molecule has 0 bridgehead atoms. The lowest BCUT2D eigenvalue weighted by Gasteiger charge is -2.33. The summed E-state index contributed by atoms with van der Waals surface area (Å²) in [5, 5.41) is 8.31. The van der Waals surface area contributed by atoms with E-state index in [4.69, 9.17) is 0 Å². The van der Waals surface area contributed by atoms with Gasteiger partial charge in [0.2, 0.25) is 5.91 Å². The Morgan fingerprint density at radius 3 is 2.53 bits per heavy atom. The molecule has 1 aliphatic rings. The van der Waals surface area contributed by atoms with Gasteiger partial charge in [-0.1, -0.05) is 0 Å². The summed E-state index contributed by atoms with van der Waals surface area (Å²) in [6.45, 7) is 10.5. The van der Waals surface area contributed by atoms with E-state index in [9.17, 15) is 9.59 Å². The van der Waals surface area contributed by atoms with Crippen LogP contribution in [0.5, 0.6) is 0 Å². The van der Waals surface area contributed by atoms with Crippen molar-refractivity contribution in [1.82, 2.24) is 20.9 Å². The Kier molecular flexibility index (Phi) is 7.33. The van der Waals surface area contributed by atoms with Gasteiger partial charge in [0.25, 0.3) is 0 Å². The second-order valence-electron chi connectivity index (χ2n) is 5.78. The molecule has 6 nitrogen and oxygen atoms in total. The molecule has 1 fully saturated rings. The Morgan fingerprint density at radius 2 is 2.00 bits per heavy atom. The van der Waals surface area contributed by atoms with E-state index in [2.05, 4.69) is 27.8 Å². The van der Waals surface area contributed by atoms with Gasteiger partial charge in [-0.15, -0.1) is 12.4 Å². The molecule has 1 heterocycles. The van der Waals surface area contributed by atoms with Crippen LogP contribution in [-0.4, -0.2) is 54.6 Å². The van der Waals surface area contributed by atoms with Crippen LogP contribution in [0.4, 0.5) is 4.79 Å². The summed E-state index contributed by atoms with van der Waals surface area (Å²) < 4.78 is 0. The van der Waals surface area contributed by atoms with Gasteiger partial charge in [0.05, 0.1) is 6.54 Å². The molecule has 0 aromatic heterocycles. The lowest BCUT2D eigenvalue weighted by atomic mass is 10.1. The van der Waals surface area contributed by atoms with E-state index >= 15 is 0 Å². The number of imide groups is 1. The van der Waals surface area contributed by atoms with E-state index < -0.39 is 6.03 Å². The minimum Gasteiger partial charge on any atom is -0.333 e. The maximum Gasteiger partial charge on any atom is 0.321 e. The van der Waals surface area contributed by atoms with Crippen molar-refractivity contribution in [3.63, 3.8) is 0 Å². The topological polar surface area (TPSA) is 73.5 Å². The Balaban J connectivity index is 0.00000324. The molecule has 19 heavy (non-hydrogen) atoms. The van der Waals surface area contributed by atoms with Crippen molar-refractivity contribution >= 4 is 24.3 Å². The van der Waals surface area contributed by atoms with Gasteiger partial charge in [0, 0.05) is 31.2 Å². The van der Waals surface area contributed by atoms with E-state index in [1.165, 1.54) is 0 Å². The number of urea groups is 1. The minimum atomic E-state index is -0.435. The summed E-state index contributed by atoms with van der Waals surface area (Å²) >= 11 is 0. The largest absolute Gasteiger partial charge is 0.333 e. The summed E-state index contributed by atoms with van der Waals surface area (Å²) in [6.07, 6.45) is 0. The first kappa shape index (κ1) is 18.1. The van der Waals surface area contributed by atoms with Crippen LogP contribution in [0, 0.1) is 0 Å². The Bertz CT molecular complexity index is 317. The summed E-state index contributed by atoms with van der Waals surface area (Å²) in [4.78, 5) is 25.3. The molecule has 1 atom stereocenters. The fourth-order valence-electron chi connectivity index (χ4n) is 1.84. The molecule has 1 unspecified atom stereocenters. The SMILES string of the molecule is CC1CNCCN1CC(=O)NC(=O)NC(C)(C)C.Cl. The zero-order valence-electron chi connectivity index (χ0n) is 12.1. The molecular formula is C12H25ClN4O2. The average molecular weight is 293 g/mol. The highest BCUT2D eigenvalue weighted by atomic mass is 35.5. The summed E-state index contributed by atoms with van der Waals surface area (Å²) in [5.41, 5.74) is -0.341. The number of rotatable bonds is 2. The van der Waals surface area contributed by atoms with Gasteiger partial charge in [-0.25, -0.2) is 4.79 Å². The number of hydrogen-bond acceptors (Lipinski definition) is 4. The van der Waals surface area contributed by atoms with Crippen LogP contribution in [0.2, 0.25) is 0 Å². The highest BCUT2D eigenvalue weighted by Gasteiger charge is 2.22. The molecule has 0 aromatic rings. The van der Waals surface area contributed by atoms with Gasteiger partial charge >= 0.3 is 6.03 Å². The molecule has 0 aromatic carbocycles. The van der Waals surface area contributed by atoms with Crippen LogP contribution >= 0.6 is 12.4 Å². The molecule has 0 radical (unpaired) electrons. The normalized spacial score (nSPS) is 20.3. The lowest BCUT2D eigenvalue weighted by Crippen LogP contribution is -2.55. The van der Waals surface area contributed by atoms with E-state index in [0.717, 1.165) is 19.6 Å². The third-order valence-electron chi connectivity index (χ3n) is 2.73. The van der Waals surface area contributed by atoms with E-state index in [0.29, 0.717) is 6.04 Å². The van der Waals surface area contributed by atoms with Crippen molar-refractivity contribution in [2.75, 3.05) is 26.2 Å². The van der Waals surface area contributed by atoms with Crippen LogP contribution in [0.3, 0.4) is 0 Å². The predicted octanol–water partition coefficient (Wildman–Crippen LogP) is 0.326. The highest BCUT2D eigenvalue weighted by Crippen LogP contribution is 2.01. The van der Waals surface area contributed by atoms with E-state index in [1.54, 1.807) is 0 Å². The summed E-state index contributed by atoms with van der Waals surface area (Å²) in [5.74, 6) is -0.259. The van der Waals surface area contributed by atoms with Gasteiger partial charge in [-0.2, -0.15) is 0 Å². The molecule has 0 aliphatic carbocycles. The number of halogens is 1. The number of nitrogens with one attached hydrogen (secondary N) is 3. The molecule has 3 N–H and O–H groups in total. The lowest BCUT2D eigenvalue weighted by molar-refractivity contribution is -0.121. The van der Waals surface area contributed by atoms with Crippen molar-refractivity contribution in [3.05, 3.63) is 0 Å². The van der Waals surface area contributed by atoms with Crippen molar-refractivity contribution in [1.29, 1.82) is 0 Å². The van der Waals surface area contributed by atoms with Crippen molar-refractivity contribution in [2.24, 2.45) is 0 Å². The average Bonchev–Trinajstić information content (AvgIpc) is 2.18. The number of hydrogen-bond donors (Lipinski definition) is 3. The number of nitrogens with zero attached hydrogens (tertiary/aromatic N) is 1. The number of carbonyl (C=O) groups excluding carboxylic acids is 2. The molecule has 1 aliphatic heterocycles. The zero-order chi connectivity index (χ0) is 13.8. The number of piperazine rings is 1. The van der Waals surface area contributed by atoms with Gasteiger partial charge < -0.3 is 10.6 Å². The molecular weight excluding hydrogens is 268 g/mol. The van der Waals surface area contributed by atoms with Crippen LogP contribution in [0.15, 0.2) is 0 Å². The molecule has 0 saturated carbocycles. The van der Waals surface area contributed by atoms with Crippen molar-refractivity contribution < 1.29 is 9.59 Å². The Morgan fingerprint density at radius 1 is 1.37 bits per heavy atom. The van der Waals surface area contributed by atoms with Gasteiger partial charge in [-0.05, 0) is 27.7 Å². The van der Waals surface area contributed by atoms with Gasteiger partial charge in [-0.3, -0.25) is 15.0 Å². The van der Waals surface area contributed by atoms with Gasteiger partial charge in [0.15, 0.2) is 0 Å². The summed E-state index contributed by atoms with van der Waals surface area (Å²) in [6, 6.07) is -0.120. The Hall–Kier alpha value is -0.850. The first-order valence-electron chi connectivity index (χ1n) is 6.35. The maximum absolute atomic E-state index is 11.7. The number of amides is 3. The second-order valence-corrected chi connectivity index (χ2v) is 5.78. The van der Waals surface area contributed by atoms with Crippen molar-refractivity contribution in [3.8, 4) is 0 Å².